The van der Waals surface area contributed by atoms with Crippen LogP contribution in [0.3, 0.4) is 0 Å². The Kier molecular flexibility index (Phi) is 6.54. The average molecular weight is 398 g/mol. The number of aromatic amines is 1. The summed E-state index contributed by atoms with van der Waals surface area (Å²) in [5.74, 6) is 2.00. The summed E-state index contributed by atoms with van der Waals surface area (Å²) in [5.41, 5.74) is 2.74. The predicted molar refractivity (Wildman–Crippen MR) is 110 cm³/mol. The summed E-state index contributed by atoms with van der Waals surface area (Å²) in [6.07, 6.45) is 0.924. The van der Waals surface area contributed by atoms with Crippen molar-refractivity contribution in [1.82, 2.24) is 15.2 Å². The number of nitrogens with zero attached hydrogens (tertiary/aromatic N) is 2. The third-order valence-electron chi connectivity index (χ3n) is 4.08. The lowest BCUT2D eigenvalue weighted by Crippen LogP contribution is -2.14. The molecule has 2 N–H and O–H groups in total. The molecule has 0 fully saturated rings. The SMILES string of the molecule is CCc1cccc(NC(=O)CSc2n[nH]c(-c3ccc(OC)cc3OC)n2)c1. The maximum Gasteiger partial charge on any atom is 0.234 e. The molecule has 0 saturated heterocycles. The molecule has 2 aromatic carbocycles. The summed E-state index contributed by atoms with van der Waals surface area (Å²) in [6.45, 7) is 2.08. The number of hydrogen-bond donors (Lipinski definition) is 2. The van der Waals surface area contributed by atoms with Crippen LogP contribution in [0.1, 0.15) is 12.5 Å². The number of carbonyl (C=O) groups excluding carboxylic acids is 1. The molecule has 28 heavy (non-hydrogen) atoms. The number of methoxy groups -OCH3 is 2. The van der Waals surface area contributed by atoms with Gasteiger partial charge in [0.05, 0.1) is 25.5 Å². The number of H-pyrrole nitrogens is 1. The number of aromatic nitrogens is 3. The Hall–Kier alpha value is -3.00. The van der Waals surface area contributed by atoms with Crippen LogP contribution < -0.4 is 14.8 Å². The topological polar surface area (TPSA) is 89.1 Å². The fraction of sp³-hybridized carbons (Fsp3) is 0.250. The molecule has 1 aromatic heterocycles. The van der Waals surface area contributed by atoms with E-state index >= 15 is 0 Å². The highest BCUT2D eigenvalue weighted by Gasteiger charge is 2.13. The standard InChI is InChI=1S/C20H22N4O3S/c1-4-13-6-5-7-14(10-13)21-18(25)12-28-20-22-19(23-24-20)16-9-8-15(26-2)11-17(16)27-3/h5-11H,4,12H2,1-3H3,(H,21,25)(H,22,23,24). The van der Waals surface area contributed by atoms with Crippen LogP contribution in [-0.2, 0) is 11.2 Å². The molecule has 3 rings (SSSR count). The fourth-order valence-electron chi connectivity index (χ4n) is 2.62. The number of aryl methyl sites for hydroxylation is 1. The number of thioether (sulfide) groups is 1. The van der Waals surface area contributed by atoms with Crippen LogP contribution in [0.5, 0.6) is 11.5 Å². The number of benzene rings is 2. The van der Waals surface area contributed by atoms with Crippen LogP contribution in [0.4, 0.5) is 5.69 Å². The normalized spacial score (nSPS) is 10.5. The van der Waals surface area contributed by atoms with E-state index in [9.17, 15) is 4.79 Å². The fourth-order valence-corrected chi connectivity index (χ4v) is 3.22. The van der Waals surface area contributed by atoms with Crippen molar-refractivity contribution in [2.45, 2.75) is 18.5 Å². The van der Waals surface area contributed by atoms with Gasteiger partial charge in [-0.3, -0.25) is 9.89 Å². The summed E-state index contributed by atoms with van der Waals surface area (Å²) in [5, 5.41) is 10.5. The van der Waals surface area contributed by atoms with Gasteiger partial charge in [0.2, 0.25) is 11.1 Å². The number of carbonyl (C=O) groups is 1. The minimum Gasteiger partial charge on any atom is -0.497 e. The van der Waals surface area contributed by atoms with Gasteiger partial charge < -0.3 is 14.8 Å². The van der Waals surface area contributed by atoms with Crippen molar-refractivity contribution in [3.05, 3.63) is 48.0 Å². The van der Waals surface area contributed by atoms with Gasteiger partial charge in [0, 0.05) is 11.8 Å². The van der Waals surface area contributed by atoms with Crippen LogP contribution in [0.2, 0.25) is 0 Å². The molecule has 0 spiro atoms. The van der Waals surface area contributed by atoms with Crippen molar-refractivity contribution < 1.29 is 14.3 Å². The summed E-state index contributed by atoms with van der Waals surface area (Å²) in [6, 6.07) is 13.3. The molecule has 0 saturated carbocycles. The van der Waals surface area contributed by atoms with E-state index in [1.807, 2.05) is 36.4 Å². The highest BCUT2D eigenvalue weighted by molar-refractivity contribution is 7.99. The Morgan fingerprint density at radius 3 is 2.79 bits per heavy atom. The summed E-state index contributed by atoms with van der Waals surface area (Å²) >= 11 is 1.26. The second-order valence-corrected chi connectivity index (χ2v) is 6.87. The van der Waals surface area contributed by atoms with Crippen molar-refractivity contribution in [3.8, 4) is 22.9 Å². The van der Waals surface area contributed by atoms with E-state index in [4.69, 9.17) is 9.47 Å². The Labute approximate surface area is 167 Å². The molecule has 8 heteroatoms. The monoisotopic (exact) mass is 398 g/mol. The molecule has 3 aromatic rings. The zero-order valence-electron chi connectivity index (χ0n) is 16.0. The van der Waals surface area contributed by atoms with Gasteiger partial charge in [-0.25, -0.2) is 4.98 Å². The third-order valence-corrected chi connectivity index (χ3v) is 4.93. The van der Waals surface area contributed by atoms with E-state index < -0.39 is 0 Å². The van der Waals surface area contributed by atoms with Crippen LogP contribution in [0.25, 0.3) is 11.4 Å². The lowest BCUT2D eigenvalue weighted by Gasteiger charge is -2.07. The predicted octanol–water partition coefficient (Wildman–Crippen LogP) is 3.78. The van der Waals surface area contributed by atoms with Crippen molar-refractivity contribution in [2.24, 2.45) is 0 Å². The Morgan fingerprint density at radius 1 is 1.18 bits per heavy atom. The molecule has 0 bridgehead atoms. The molecule has 0 aliphatic heterocycles. The van der Waals surface area contributed by atoms with Crippen LogP contribution >= 0.6 is 11.8 Å². The first kappa shape index (κ1) is 19.8. The van der Waals surface area contributed by atoms with Crippen LogP contribution in [0, 0.1) is 0 Å². The minimum atomic E-state index is -0.105. The summed E-state index contributed by atoms with van der Waals surface area (Å²) in [4.78, 5) is 16.6. The number of hydrogen-bond acceptors (Lipinski definition) is 6. The first-order chi connectivity index (χ1) is 13.6. The van der Waals surface area contributed by atoms with Gasteiger partial charge in [-0.15, -0.1) is 5.10 Å². The second kappa shape index (κ2) is 9.27. The summed E-state index contributed by atoms with van der Waals surface area (Å²) in [7, 11) is 3.18. The Bertz CT molecular complexity index is 958. The van der Waals surface area contributed by atoms with Gasteiger partial charge >= 0.3 is 0 Å². The largest absolute Gasteiger partial charge is 0.497 e. The molecule has 0 atom stereocenters. The molecule has 1 heterocycles. The molecule has 0 aliphatic carbocycles. The van der Waals surface area contributed by atoms with E-state index in [-0.39, 0.29) is 11.7 Å². The second-order valence-electron chi connectivity index (χ2n) is 5.92. The zero-order chi connectivity index (χ0) is 19.9. The average Bonchev–Trinajstić information content (AvgIpc) is 3.20. The van der Waals surface area contributed by atoms with E-state index in [1.54, 1.807) is 20.3 Å². The quantitative estimate of drug-likeness (QED) is 0.561. The lowest BCUT2D eigenvalue weighted by molar-refractivity contribution is -0.113. The van der Waals surface area contributed by atoms with Gasteiger partial charge in [0.1, 0.15) is 11.5 Å². The zero-order valence-corrected chi connectivity index (χ0v) is 16.8. The number of anilines is 1. The molecule has 0 unspecified atom stereocenters. The summed E-state index contributed by atoms with van der Waals surface area (Å²) < 4.78 is 10.6. The van der Waals surface area contributed by atoms with Gasteiger partial charge in [0.15, 0.2) is 5.82 Å². The molecular formula is C20H22N4O3S. The first-order valence-corrected chi connectivity index (χ1v) is 9.78. The maximum atomic E-state index is 12.2. The molecule has 146 valence electrons. The molecule has 0 aliphatic rings. The maximum absolute atomic E-state index is 12.2. The highest BCUT2D eigenvalue weighted by atomic mass is 32.2. The number of amides is 1. The number of nitrogens with one attached hydrogen (secondary N) is 2. The Balaban J connectivity index is 1.62. The van der Waals surface area contributed by atoms with Gasteiger partial charge in [-0.05, 0) is 36.2 Å². The van der Waals surface area contributed by atoms with E-state index in [0.717, 1.165) is 17.7 Å². The van der Waals surface area contributed by atoms with Crippen molar-refractivity contribution in [3.63, 3.8) is 0 Å². The molecule has 1 amide bonds. The van der Waals surface area contributed by atoms with Gasteiger partial charge in [-0.1, -0.05) is 30.8 Å². The van der Waals surface area contributed by atoms with Crippen LogP contribution in [-0.4, -0.2) is 41.1 Å². The van der Waals surface area contributed by atoms with Crippen LogP contribution in [0.15, 0.2) is 47.6 Å². The van der Waals surface area contributed by atoms with Crippen molar-refractivity contribution in [1.29, 1.82) is 0 Å². The van der Waals surface area contributed by atoms with Crippen molar-refractivity contribution in [2.75, 3.05) is 25.3 Å². The van der Waals surface area contributed by atoms with E-state index in [2.05, 4.69) is 27.4 Å². The van der Waals surface area contributed by atoms with Crippen molar-refractivity contribution >= 4 is 23.4 Å². The number of rotatable bonds is 8. The Morgan fingerprint density at radius 2 is 2.04 bits per heavy atom. The van der Waals surface area contributed by atoms with Gasteiger partial charge in [-0.2, -0.15) is 0 Å². The molecule has 7 nitrogen and oxygen atoms in total. The van der Waals surface area contributed by atoms with Gasteiger partial charge in [0.25, 0.3) is 0 Å². The smallest absolute Gasteiger partial charge is 0.234 e. The minimum absolute atomic E-state index is 0.105. The first-order valence-electron chi connectivity index (χ1n) is 8.79. The third kappa shape index (κ3) is 4.83. The van der Waals surface area contributed by atoms with E-state index in [0.29, 0.717) is 22.5 Å². The van der Waals surface area contributed by atoms with E-state index in [1.165, 1.54) is 17.3 Å². The molecule has 0 radical (unpaired) electrons. The lowest BCUT2D eigenvalue weighted by atomic mass is 10.1. The highest BCUT2D eigenvalue weighted by Crippen LogP contribution is 2.32. The molecular weight excluding hydrogens is 376 g/mol. The number of ether oxygens (including phenoxy) is 2.